The maximum absolute atomic E-state index is 12.2. The minimum Gasteiger partial charge on any atom is -0.468 e. The maximum atomic E-state index is 12.2. The van der Waals surface area contributed by atoms with Gasteiger partial charge >= 0.3 is 17.9 Å². The van der Waals surface area contributed by atoms with Crippen molar-refractivity contribution >= 4 is 29.1 Å². The number of hydrogen-bond acceptors (Lipinski definition) is 11. The normalized spacial score (nSPS) is 12.7. The smallest absolute Gasteiger partial charge is 0.303 e. The Morgan fingerprint density at radius 1 is 1.07 bits per heavy atom. The second-order valence-corrected chi connectivity index (χ2v) is 5.52. The number of ether oxygens (including phenoxy) is 4. The maximum Gasteiger partial charge on any atom is 0.303 e. The average molecular weight is 394 g/mol. The van der Waals surface area contributed by atoms with Crippen LogP contribution in [-0.4, -0.2) is 57.7 Å². The molecular weight excluding hydrogens is 376 g/mol. The van der Waals surface area contributed by atoms with Crippen molar-refractivity contribution in [3.05, 3.63) is 22.2 Å². The van der Waals surface area contributed by atoms with Gasteiger partial charge in [-0.15, -0.1) is 0 Å². The highest BCUT2D eigenvalue weighted by Gasteiger charge is 2.32. The summed E-state index contributed by atoms with van der Waals surface area (Å²) in [6.45, 7) is 3.04. The van der Waals surface area contributed by atoms with Crippen LogP contribution in [0, 0.1) is 0 Å². The Hall–Kier alpha value is -3.57. The number of carbonyl (C=O) groups excluding carboxylic acids is 3. The Morgan fingerprint density at radius 3 is 2.32 bits per heavy atom. The van der Waals surface area contributed by atoms with Crippen LogP contribution in [0.4, 0.5) is 0 Å². The lowest BCUT2D eigenvalue weighted by Gasteiger charge is -2.25. The minimum atomic E-state index is -1.28. The third kappa shape index (κ3) is 5.22. The van der Waals surface area contributed by atoms with E-state index < -0.39 is 42.3 Å². The highest BCUT2D eigenvalue weighted by molar-refractivity contribution is 5.70. The molecule has 0 spiro atoms. The largest absolute Gasteiger partial charge is 0.468 e. The van der Waals surface area contributed by atoms with Gasteiger partial charge in [0.2, 0.25) is 0 Å². The highest BCUT2D eigenvalue weighted by Crippen LogP contribution is 2.24. The number of rotatable bonds is 7. The third-order valence-electron chi connectivity index (χ3n) is 3.30. The summed E-state index contributed by atoms with van der Waals surface area (Å²) in [6, 6.07) is -0.0521. The molecule has 28 heavy (non-hydrogen) atoms. The molecule has 2 aromatic heterocycles. The van der Waals surface area contributed by atoms with Crippen LogP contribution in [-0.2, 0) is 28.6 Å². The predicted molar refractivity (Wildman–Crippen MR) is 91.2 cm³/mol. The molecule has 12 heteroatoms. The zero-order valence-electron chi connectivity index (χ0n) is 15.5. The van der Waals surface area contributed by atoms with Gasteiger partial charge in [-0.25, -0.2) is 9.97 Å². The molecule has 0 unspecified atom stereocenters. The summed E-state index contributed by atoms with van der Waals surface area (Å²) in [5.74, 6) is -2.04. The van der Waals surface area contributed by atoms with Gasteiger partial charge in [-0.05, 0) is 0 Å². The van der Waals surface area contributed by atoms with E-state index in [2.05, 4.69) is 19.9 Å². The molecule has 2 atom stereocenters. The van der Waals surface area contributed by atoms with Gasteiger partial charge in [-0.2, -0.15) is 4.98 Å². The quantitative estimate of drug-likeness (QED) is 0.490. The summed E-state index contributed by atoms with van der Waals surface area (Å²) in [6.07, 6.45) is -1.28. The molecule has 2 rings (SSSR count). The van der Waals surface area contributed by atoms with Gasteiger partial charge in [0, 0.05) is 20.8 Å². The molecule has 0 aliphatic rings. The van der Waals surface area contributed by atoms with E-state index in [9.17, 15) is 19.2 Å². The number of hydrogen-bond donors (Lipinski definition) is 1. The molecule has 150 valence electrons. The van der Waals surface area contributed by atoms with Crippen molar-refractivity contribution in [1.82, 2.24) is 19.9 Å². The lowest BCUT2D eigenvalue weighted by Crippen LogP contribution is -2.33. The van der Waals surface area contributed by atoms with Gasteiger partial charge < -0.3 is 18.9 Å². The van der Waals surface area contributed by atoms with Gasteiger partial charge in [0.15, 0.2) is 23.4 Å². The topological polar surface area (TPSA) is 160 Å². The van der Waals surface area contributed by atoms with E-state index >= 15 is 0 Å². The molecule has 2 aromatic rings. The van der Waals surface area contributed by atoms with Crippen molar-refractivity contribution in [3.8, 4) is 6.01 Å². The summed E-state index contributed by atoms with van der Waals surface area (Å²) in [5.41, 5.74) is -0.792. The fourth-order valence-electron chi connectivity index (χ4n) is 2.25. The van der Waals surface area contributed by atoms with Crippen molar-refractivity contribution in [1.29, 1.82) is 0 Å². The van der Waals surface area contributed by atoms with E-state index in [0.717, 1.165) is 13.8 Å². The van der Waals surface area contributed by atoms with E-state index in [4.69, 9.17) is 18.9 Å². The molecule has 0 amide bonds. The first-order chi connectivity index (χ1) is 13.2. The zero-order valence-corrected chi connectivity index (χ0v) is 15.5. The molecule has 0 aliphatic carbocycles. The molecule has 12 nitrogen and oxygen atoms in total. The van der Waals surface area contributed by atoms with Crippen LogP contribution in [0.5, 0.6) is 6.01 Å². The van der Waals surface area contributed by atoms with Crippen molar-refractivity contribution in [2.24, 2.45) is 0 Å². The average Bonchev–Trinajstić information content (AvgIpc) is 2.62. The van der Waals surface area contributed by atoms with Crippen molar-refractivity contribution < 1.29 is 33.3 Å². The molecule has 0 aliphatic heterocycles. The van der Waals surface area contributed by atoms with Crippen molar-refractivity contribution in [3.63, 3.8) is 0 Å². The summed E-state index contributed by atoms with van der Waals surface area (Å²) >= 11 is 0. The second-order valence-electron chi connectivity index (χ2n) is 5.52. The molecule has 0 bridgehead atoms. The molecule has 1 N–H and O–H groups in total. The zero-order chi connectivity index (χ0) is 20.8. The third-order valence-corrected chi connectivity index (χ3v) is 3.30. The van der Waals surface area contributed by atoms with E-state index in [1.165, 1.54) is 20.2 Å². The van der Waals surface area contributed by atoms with E-state index in [1.807, 2.05) is 0 Å². The number of methoxy groups -OCH3 is 1. The van der Waals surface area contributed by atoms with Crippen molar-refractivity contribution in [2.45, 2.75) is 33.0 Å². The van der Waals surface area contributed by atoms with Crippen molar-refractivity contribution in [2.75, 3.05) is 13.7 Å². The number of fused-ring (bicyclic) bond motifs is 1. The van der Waals surface area contributed by atoms with Crippen LogP contribution in [0.1, 0.15) is 32.6 Å². The Bertz CT molecular complexity index is 957. The Labute approximate surface area is 158 Å². The number of esters is 3. The van der Waals surface area contributed by atoms with Crippen LogP contribution in [0.15, 0.2) is 11.0 Å². The predicted octanol–water partition coefficient (Wildman–Crippen LogP) is -0.179. The van der Waals surface area contributed by atoms with E-state index in [1.54, 1.807) is 0 Å². The molecule has 0 radical (unpaired) electrons. The first-order valence-electron chi connectivity index (χ1n) is 8.00. The SMILES string of the molecule is COc1nc2ncc([C@@H](OC(C)=O)[C@@H](COC(C)=O)OC(C)=O)nc2c(=O)[nH]1. The number of aromatic amines is 1. The van der Waals surface area contributed by atoms with E-state index in [-0.39, 0.29) is 22.9 Å². The number of aromatic nitrogens is 4. The Kier molecular flexibility index (Phi) is 6.58. The van der Waals surface area contributed by atoms with Gasteiger partial charge in [0.1, 0.15) is 12.3 Å². The summed E-state index contributed by atoms with van der Waals surface area (Å²) in [7, 11) is 1.32. The van der Waals surface area contributed by atoms with Crippen LogP contribution in [0.3, 0.4) is 0 Å². The van der Waals surface area contributed by atoms with Crippen LogP contribution in [0.25, 0.3) is 11.2 Å². The standard InChI is InChI=1S/C16H18N4O8/c1-7(21)26-6-11(27-8(2)22)13(28-9(3)23)10-5-17-14-12(18-10)15(24)20-16(19-14)25-4/h5,11,13H,6H2,1-4H3,(H,17,19,20,24)/t11-,13-/m1/s1. The molecule has 0 fully saturated rings. The summed E-state index contributed by atoms with van der Waals surface area (Å²) in [5, 5.41) is 0. The number of nitrogens with one attached hydrogen (secondary N) is 1. The summed E-state index contributed by atoms with van der Waals surface area (Å²) in [4.78, 5) is 60.8. The van der Waals surface area contributed by atoms with Gasteiger partial charge in [-0.1, -0.05) is 0 Å². The molecule has 0 saturated heterocycles. The minimum absolute atomic E-state index is 0.00133. The highest BCUT2D eigenvalue weighted by atomic mass is 16.6. The number of carbonyl (C=O) groups is 3. The fourth-order valence-corrected chi connectivity index (χ4v) is 2.25. The van der Waals surface area contributed by atoms with Gasteiger partial charge in [0.05, 0.1) is 13.3 Å². The Morgan fingerprint density at radius 2 is 1.75 bits per heavy atom. The van der Waals surface area contributed by atoms with Crippen LogP contribution < -0.4 is 10.3 Å². The van der Waals surface area contributed by atoms with E-state index in [0.29, 0.717) is 0 Å². The first kappa shape index (κ1) is 20.7. The number of H-pyrrole nitrogens is 1. The van der Waals surface area contributed by atoms with Gasteiger partial charge in [-0.3, -0.25) is 24.2 Å². The van der Waals surface area contributed by atoms with Crippen LogP contribution in [0.2, 0.25) is 0 Å². The monoisotopic (exact) mass is 394 g/mol. The second kappa shape index (κ2) is 8.88. The lowest BCUT2D eigenvalue weighted by molar-refractivity contribution is -0.174. The molecule has 0 aromatic carbocycles. The summed E-state index contributed by atoms with van der Waals surface area (Å²) < 4.78 is 20.1. The number of nitrogens with zero attached hydrogens (tertiary/aromatic N) is 3. The fraction of sp³-hybridized carbons (Fsp3) is 0.438. The molecule has 2 heterocycles. The van der Waals surface area contributed by atoms with Crippen LogP contribution >= 0.6 is 0 Å². The van der Waals surface area contributed by atoms with Gasteiger partial charge in [0.25, 0.3) is 11.6 Å². The first-order valence-corrected chi connectivity index (χ1v) is 8.00. The molecule has 0 saturated carbocycles. The Balaban J connectivity index is 2.51. The lowest BCUT2D eigenvalue weighted by atomic mass is 10.1. The molecular formula is C16H18N4O8.